The van der Waals surface area contributed by atoms with Crippen molar-refractivity contribution in [2.75, 3.05) is 0 Å². The maximum Gasteiger partial charge on any atom is 0.119 e. The molecule has 1 aliphatic heterocycles. The van der Waals surface area contributed by atoms with Crippen LogP contribution in [0.5, 0.6) is 11.5 Å². The Morgan fingerprint density at radius 3 is 2.88 bits per heavy atom. The Morgan fingerprint density at radius 1 is 1.18 bits per heavy atom. The first kappa shape index (κ1) is 10.9. The minimum absolute atomic E-state index is 0.229. The van der Waals surface area contributed by atoms with Gasteiger partial charge in [0, 0.05) is 0 Å². The summed E-state index contributed by atoms with van der Waals surface area (Å²) in [5, 5.41) is 19.1. The van der Waals surface area contributed by atoms with E-state index in [2.05, 4.69) is 0 Å². The number of phenols is 2. The predicted molar refractivity (Wildman–Crippen MR) is 64.1 cm³/mol. The molecular weight excluding hydrogens is 216 g/mol. The number of hydrogen-bond donors (Lipinski definition) is 2. The third-order valence-electron chi connectivity index (χ3n) is 4.00. The zero-order valence-electron chi connectivity index (χ0n) is 9.80. The van der Waals surface area contributed by atoms with Crippen LogP contribution in [0.25, 0.3) is 0 Å². The fraction of sp³-hybridized carbons (Fsp3) is 0.571. The Hall–Kier alpha value is -1.22. The molecule has 0 aromatic heterocycles. The maximum absolute atomic E-state index is 9.69. The van der Waals surface area contributed by atoms with Gasteiger partial charge in [0.2, 0.25) is 0 Å². The lowest BCUT2D eigenvalue weighted by Crippen LogP contribution is -2.14. The molecule has 0 bridgehead atoms. The van der Waals surface area contributed by atoms with Gasteiger partial charge in [0.05, 0.1) is 12.2 Å². The summed E-state index contributed by atoms with van der Waals surface area (Å²) in [6.45, 7) is 0. The maximum atomic E-state index is 9.69. The number of ether oxygens (including phenoxy) is 1. The number of aryl methyl sites for hydroxylation is 1. The van der Waals surface area contributed by atoms with Gasteiger partial charge in [-0.3, -0.25) is 0 Å². The molecule has 1 saturated carbocycles. The molecule has 3 unspecified atom stereocenters. The molecule has 2 aliphatic rings. The van der Waals surface area contributed by atoms with Crippen molar-refractivity contribution in [1.82, 2.24) is 0 Å². The van der Waals surface area contributed by atoms with E-state index in [4.69, 9.17) is 4.74 Å². The topological polar surface area (TPSA) is 53.0 Å². The molecule has 0 spiro atoms. The van der Waals surface area contributed by atoms with Crippen LogP contribution in [-0.4, -0.2) is 22.4 Å². The van der Waals surface area contributed by atoms with E-state index < -0.39 is 0 Å². The van der Waals surface area contributed by atoms with Gasteiger partial charge in [-0.05, 0) is 61.8 Å². The normalized spacial score (nSPS) is 30.9. The minimum Gasteiger partial charge on any atom is -0.508 e. The van der Waals surface area contributed by atoms with Crippen molar-refractivity contribution in [3.05, 3.63) is 23.8 Å². The smallest absolute Gasteiger partial charge is 0.119 e. The summed E-state index contributed by atoms with van der Waals surface area (Å²) in [5.41, 5.74) is 0.851. The molecule has 2 N–H and O–H groups in total. The number of fused-ring (bicyclic) bond motifs is 1. The first-order chi connectivity index (χ1) is 8.22. The molecular formula is C14H18O3. The lowest BCUT2D eigenvalue weighted by Gasteiger charge is -2.18. The van der Waals surface area contributed by atoms with Crippen LogP contribution in [0, 0.1) is 5.92 Å². The Morgan fingerprint density at radius 2 is 2.06 bits per heavy atom. The molecule has 2 fully saturated rings. The first-order valence-electron chi connectivity index (χ1n) is 6.38. The summed E-state index contributed by atoms with van der Waals surface area (Å²) >= 11 is 0. The van der Waals surface area contributed by atoms with Gasteiger partial charge < -0.3 is 14.9 Å². The van der Waals surface area contributed by atoms with Gasteiger partial charge in [0.25, 0.3) is 0 Å². The average Bonchev–Trinajstić information content (AvgIpc) is 3.08. The summed E-state index contributed by atoms with van der Waals surface area (Å²) in [5.74, 6) is 1.23. The lowest BCUT2D eigenvalue weighted by molar-refractivity contribution is 0.350. The predicted octanol–water partition coefficient (Wildman–Crippen LogP) is 2.60. The highest BCUT2D eigenvalue weighted by molar-refractivity contribution is 5.38. The van der Waals surface area contributed by atoms with E-state index in [9.17, 15) is 10.2 Å². The Bertz CT molecular complexity index is 416. The third kappa shape index (κ3) is 2.39. The van der Waals surface area contributed by atoms with Crippen LogP contribution in [0.2, 0.25) is 0 Å². The van der Waals surface area contributed by atoms with E-state index in [-0.39, 0.29) is 5.75 Å². The molecule has 1 aliphatic carbocycles. The van der Waals surface area contributed by atoms with Gasteiger partial charge in [-0.1, -0.05) is 0 Å². The van der Waals surface area contributed by atoms with E-state index in [0.29, 0.717) is 23.9 Å². The van der Waals surface area contributed by atoms with E-state index in [1.807, 2.05) is 0 Å². The first-order valence-corrected chi connectivity index (χ1v) is 6.38. The molecule has 3 atom stereocenters. The fourth-order valence-electron chi connectivity index (χ4n) is 2.88. The highest BCUT2D eigenvalue weighted by Gasteiger charge is 2.43. The second-order valence-corrected chi connectivity index (χ2v) is 5.24. The molecule has 1 heterocycles. The van der Waals surface area contributed by atoms with Crippen LogP contribution < -0.4 is 0 Å². The molecule has 1 aromatic carbocycles. The van der Waals surface area contributed by atoms with Gasteiger partial charge in [0.15, 0.2) is 0 Å². The number of phenolic OH excluding ortho intramolecular Hbond substituents is 2. The van der Waals surface area contributed by atoms with Crippen molar-refractivity contribution in [2.45, 2.75) is 44.3 Å². The van der Waals surface area contributed by atoms with E-state index >= 15 is 0 Å². The zero-order chi connectivity index (χ0) is 11.8. The average molecular weight is 234 g/mol. The molecule has 17 heavy (non-hydrogen) atoms. The Kier molecular flexibility index (Phi) is 2.71. The third-order valence-corrected chi connectivity index (χ3v) is 4.00. The van der Waals surface area contributed by atoms with Crippen LogP contribution in [0.15, 0.2) is 18.2 Å². The molecule has 1 aromatic rings. The summed E-state index contributed by atoms with van der Waals surface area (Å²) in [7, 11) is 0. The van der Waals surface area contributed by atoms with Crippen LogP contribution in [0.4, 0.5) is 0 Å². The lowest BCUT2D eigenvalue weighted by atomic mass is 9.85. The van der Waals surface area contributed by atoms with E-state index in [1.165, 1.54) is 25.3 Å². The summed E-state index contributed by atoms with van der Waals surface area (Å²) in [6, 6.07) is 4.74. The highest BCUT2D eigenvalue weighted by Crippen LogP contribution is 2.41. The molecule has 92 valence electrons. The van der Waals surface area contributed by atoms with Gasteiger partial charge in [0.1, 0.15) is 11.5 Å². The molecule has 3 heteroatoms. The van der Waals surface area contributed by atoms with Crippen molar-refractivity contribution in [3.8, 4) is 11.5 Å². The Balaban J connectivity index is 1.57. The number of rotatable bonds is 3. The molecule has 3 rings (SSSR count). The van der Waals surface area contributed by atoms with Crippen molar-refractivity contribution in [1.29, 1.82) is 0 Å². The summed E-state index contributed by atoms with van der Waals surface area (Å²) < 4.78 is 5.51. The van der Waals surface area contributed by atoms with Crippen LogP contribution in [0.1, 0.15) is 31.2 Å². The van der Waals surface area contributed by atoms with Gasteiger partial charge in [-0.2, -0.15) is 0 Å². The van der Waals surface area contributed by atoms with Crippen LogP contribution in [-0.2, 0) is 11.2 Å². The second-order valence-electron chi connectivity index (χ2n) is 5.24. The van der Waals surface area contributed by atoms with E-state index in [1.54, 1.807) is 12.1 Å². The van der Waals surface area contributed by atoms with Crippen LogP contribution in [0.3, 0.4) is 0 Å². The van der Waals surface area contributed by atoms with Crippen molar-refractivity contribution >= 4 is 0 Å². The fourth-order valence-corrected chi connectivity index (χ4v) is 2.88. The standard InChI is InChI=1S/C14H18O3/c15-11-4-5-12(16)10(8-11)3-1-9-2-6-13-14(7-9)17-13/h4-5,8-9,13-16H,1-3,6-7H2. The zero-order valence-corrected chi connectivity index (χ0v) is 9.80. The minimum atomic E-state index is 0.229. The number of benzene rings is 1. The van der Waals surface area contributed by atoms with Crippen LogP contribution >= 0.6 is 0 Å². The SMILES string of the molecule is Oc1ccc(O)c(CCC2CCC3OC3C2)c1. The summed E-state index contributed by atoms with van der Waals surface area (Å²) in [6.07, 6.45) is 6.59. The number of aromatic hydroxyl groups is 2. The molecule has 0 radical (unpaired) electrons. The number of hydrogen-bond acceptors (Lipinski definition) is 3. The summed E-state index contributed by atoms with van der Waals surface area (Å²) in [4.78, 5) is 0. The molecule has 3 nitrogen and oxygen atoms in total. The monoisotopic (exact) mass is 234 g/mol. The second kappa shape index (κ2) is 4.22. The largest absolute Gasteiger partial charge is 0.508 e. The Labute approximate surface area is 101 Å². The number of epoxide rings is 1. The van der Waals surface area contributed by atoms with Crippen molar-refractivity contribution < 1.29 is 14.9 Å². The molecule has 0 amide bonds. The highest BCUT2D eigenvalue weighted by atomic mass is 16.6. The van der Waals surface area contributed by atoms with Crippen molar-refractivity contribution in [2.24, 2.45) is 5.92 Å². The van der Waals surface area contributed by atoms with Gasteiger partial charge >= 0.3 is 0 Å². The van der Waals surface area contributed by atoms with E-state index in [0.717, 1.165) is 18.4 Å². The van der Waals surface area contributed by atoms with Crippen molar-refractivity contribution in [3.63, 3.8) is 0 Å². The quantitative estimate of drug-likeness (QED) is 0.624. The molecule has 1 saturated heterocycles. The van der Waals surface area contributed by atoms with Gasteiger partial charge in [-0.25, -0.2) is 0 Å². The van der Waals surface area contributed by atoms with Gasteiger partial charge in [-0.15, -0.1) is 0 Å².